The molecule has 15 nitrogen and oxygen atoms in total. The Morgan fingerprint density at radius 1 is 0.734 bits per heavy atom. The summed E-state index contributed by atoms with van der Waals surface area (Å²) in [6, 6.07) is 31.1. The second-order valence-electron chi connectivity index (χ2n) is 15.6. The van der Waals surface area contributed by atoms with Crippen molar-refractivity contribution in [3.63, 3.8) is 0 Å². The fraction of sp³-hybridized carbons (Fsp3) is 0.277. The largest absolute Gasteiger partial charge is 0.616 e. The van der Waals surface area contributed by atoms with Crippen LogP contribution in [0.15, 0.2) is 115 Å². The van der Waals surface area contributed by atoms with Crippen LogP contribution in [-0.2, 0) is 30.2 Å². The third-order valence-corrected chi connectivity index (χ3v) is 13.4. The van der Waals surface area contributed by atoms with Gasteiger partial charge in [-0.2, -0.15) is 0 Å². The van der Waals surface area contributed by atoms with Gasteiger partial charge in [-0.15, -0.1) is 0 Å². The number of ether oxygens (including phenoxy) is 2. The zero-order chi connectivity index (χ0) is 44.9. The van der Waals surface area contributed by atoms with E-state index in [1.165, 1.54) is 14.2 Å². The van der Waals surface area contributed by atoms with Crippen LogP contribution < -0.4 is 10.6 Å². The maximum absolute atomic E-state index is 14.2. The molecule has 2 aromatic heterocycles. The number of halogens is 1. The SMILES string of the molecule is COC(=O)N[C@H](C(=O)N1C[C@@H]([S+](C)[O-])C[C@H]1c1ncc(-c2ccc(-c3ccc(-c4[nH]c([C@@H]5CCCN5C(=O)[C@@H](NC(=O)OC)c5ccccc5)nc4Cl)cc3)cc2)[nH]1)c1ccccc1. The van der Waals surface area contributed by atoms with Crippen LogP contribution in [0.5, 0.6) is 0 Å². The first-order valence-electron chi connectivity index (χ1n) is 20.8. The highest BCUT2D eigenvalue weighted by atomic mass is 35.5. The lowest BCUT2D eigenvalue weighted by molar-refractivity contribution is -0.135. The molecule has 2 aliphatic rings. The molecule has 0 saturated carbocycles. The summed E-state index contributed by atoms with van der Waals surface area (Å²) < 4.78 is 22.4. The van der Waals surface area contributed by atoms with E-state index in [1.54, 1.807) is 58.7 Å². The van der Waals surface area contributed by atoms with Crippen LogP contribution in [0, 0.1) is 0 Å². The molecule has 4 heterocycles. The van der Waals surface area contributed by atoms with Crippen molar-refractivity contribution >= 4 is 46.8 Å². The predicted molar refractivity (Wildman–Crippen MR) is 242 cm³/mol. The van der Waals surface area contributed by atoms with Gasteiger partial charge >= 0.3 is 12.2 Å². The summed E-state index contributed by atoms with van der Waals surface area (Å²) in [7, 11) is 2.50. The fourth-order valence-electron chi connectivity index (χ4n) is 8.45. The van der Waals surface area contributed by atoms with Gasteiger partial charge < -0.3 is 44.4 Å². The first kappa shape index (κ1) is 44.0. The van der Waals surface area contributed by atoms with Gasteiger partial charge in [0.25, 0.3) is 11.8 Å². The number of rotatable bonds is 12. The number of H-pyrrole nitrogens is 2. The van der Waals surface area contributed by atoms with Crippen molar-refractivity contribution in [2.45, 2.75) is 48.7 Å². The number of benzene rings is 4. The van der Waals surface area contributed by atoms with E-state index in [1.807, 2.05) is 72.8 Å². The summed E-state index contributed by atoms with van der Waals surface area (Å²) in [5, 5.41) is 5.37. The number of nitrogens with one attached hydrogen (secondary N) is 4. The summed E-state index contributed by atoms with van der Waals surface area (Å²) in [4.78, 5) is 72.3. The Kier molecular flexibility index (Phi) is 13.3. The van der Waals surface area contributed by atoms with Gasteiger partial charge in [0.05, 0.1) is 56.7 Å². The third-order valence-electron chi connectivity index (χ3n) is 11.8. The van der Waals surface area contributed by atoms with Gasteiger partial charge in [-0.1, -0.05) is 132 Å². The van der Waals surface area contributed by atoms with Crippen molar-refractivity contribution in [1.82, 2.24) is 40.4 Å². The highest BCUT2D eigenvalue weighted by Gasteiger charge is 2.45. The van der Waals surface area contributed by atoms with E-state index in [9.17, 15) is 23.7 Å². The number of hydrogen-bond donors (Lipinski definition) is 4. The maximum atomic E-state index is 14.2. The smallest absolute Gasteiger partial charge is 0.407 e. The van der Waals surface area contributed by atoms with E-state index in [0.717, 1.165) is 34.4 Å². The normalized spacial score (nSPS) is 18.5. The first-order chi connectivity index (χ1) is 31.0. The van der Waals surface area contributed by atoms with E-state index in [2.05, 4.69) is 25.6 Å². The zero-order valence-corrected chi connectivity index (χ0v) is 36.9. The van der Waals surface area contributed by atoms with Gasteiger partial charge in [-0.25, -0.2) is 19.6 Å². The molecular weight excluding hydrogens is 856 g/mol. The van der Waals surface area contributed by atoms with Crippen molar-refractivity contribution < 1.29 is 33.2 Å². The minimum absolute atomic E-state index is 0.240. The number of hydrogen-bond acceptors (Lipinski definition) is 9. The van der Waals surface area contributed by atoms with Crippen LogP contribution in [-0.4, -0.2) is 97.1 Å². The van der Waals surface area contributed by atoms with E-state index in [0.29, 0.717) is 47.9 Å². The molecule has 0 spiro atoms. The molecular formula is C47H47ClN8O7S. The van der Waals surface area contributed by atoms with Crippen molar-refractivity contribution in [3.05, 3.63) is 143 Å². The number of aromatic amines is 2. The lowest BCUT2D eigenvalue weighted by atomic mass is 10.0. The molecule has 0 radical (unpaired) electrons. The zero-order valence-electron chi connectivity index (χ0n) is 35.3. The first-order valence-corrected chi connectivity index (χ1v) is 22.8. The predicted octanol–water partition coefficient (Wildman–Crippen LogP) is 7.67. The molecule has 4 amide bonds. The number of amides is 4. The van der Waals surface area contributed by atoms with E-state index >= 15 is 0 Å². The van der Waals surface area contributed by atoms with Crippen LogP contribution in [0.25, 0.3) is 33.6 Å². The topological polar surface area (TPSA) is 198 Å². The lowest BCUT2D eigenvalue weighted by Gasteiger charge is -2.28. The van der Waals surface area contributed by atoms with Gasteiger partial charge in [-0.3, -0.25) is 9.59 Å². The van der Waals surface area contributed by atoms with Gasteiger partial charge in [0.2, 0.25) is 0 Å². The van der Waals surface area contributed by atoms with E-state index < -0.39 is 41.5 Å². The monoisotopic (exact) mass is 902 g/mol. The van der Waals surface area contributed by atoms with Crippen molar-refractivity contribution in [2.24, 2.45) is 0 Å². The summed E-state index contributed by atoms with van der Waals surface area (Å²) >= 11 is 5.53. The Labute approximate surface area is 378 Å². The Bertz CT molecular complexity index is 2590. The molecule has 64 heavy (non-hydrogen) atoms. The number of carbonyl (C=O) groups is 4. The van der Waals surface area contributed by atoms with Crippen LogP contribution in [0.1, 0.15) is 66.2 Å². The molecule has 0 aliphatic carbocycles. The molecule has 8 rings (SSSR count). The molecule has 4 aromatic carbocycles. The number of imidazole rings is 2. The average Bonchev–Trinajstić information content (AvgIpc) is 4.17. The second-order valence-corrected chi connectivity index (χ2v) is 17.7. The number of likely N-dealkylation sites (tertiary alicyclic amines) is 2. The Hall–Kier alpha value is -6.62. The van der Waals surface area contributed by atoms with Crippen molar-refractivity contribution in [1.29, 1.82) is 0 Å². The van der Waals surface area contributed by atoms with E-state index in [4.69, 9.17) is 26.1 Å². The van der Waals surface area contributed by atoms with Crippen LogP contribution in [0.3, 0.4) is 0 Å². The number of methoxy groups -OCH3 is 2. The molecule has 1 unspecified atom stereocenters. The molecule has 4 N–H and O–H groups in total. The molecule has 0 bridgehead atoms. The summed E-state index contributed by atoms with van der Waals surface area (Å²) in [6.45, 7) is 0.734. The number of carbonyl (C=O) groups excluding carboxylic acids is 4. The highest BCUT2D eigenvalue weighted by Crippen LogP contribution is 2.39. The van der Waals surface area contributed by atoms with Crippen molar-refractivity contribution in [2.75, 3.05) is 33.6 Å². The Morgan fingerprint density at radius 2 is 1.27 bits per heavy atom. The lowest BCUT2D eigenvalue weighted by Crippen LogP contribution is -2.43. The van der Waals surface area contributed by atoms with Crippen LogP contribution >= 0.6 is 11.6 Å². The van der Waals surface area contributed by atoms with Gasteiger partial charge in [0, 0.05) is 18.5 Å². The molecule has 17 heteroatoms. The van der Waals surface area contributed by atoms with Gasteiger partial charge in [0.15, 0.2) is 5.15 Å². The molecule has 330 valence electrons. The quantitative estimate of drug-likeness (QED) is 0.0891. The molecule has 6 aromatic rings. The van der Waals surface area contributed by atoms with Crippen LogP contribution in [0.2, 0.25) is 5.15 Å². The maximum Gasteiger partial charge on any atom is 0.407 e. The van der Waals surface area contributed by atoms with Crippen LogP contribution in [0.4, 0.5) is 9.59 Å². The van der Waals surface area contributed by atoms with Gasteiger partial charge in [0.1, 0.15) is 29.0 Å². The average molecular weight is 903 g/mol. The van der Waals surface area contributed by atoms with Gasteiger partial charge in [-0.05, 0) is 40.7 Å². The molecule has 2 aliphatic heterocycles. The standard InChI is InChI=1S/C47H47ClN8O7S/c1-62-46(59)52-39(31-11-6-4-7-12-31)44(57)55-24-10-15-36(55)43-51-38(41(48)54-43)33-22-18-29(19-23-33)28-16-20-30(21-17-28)35-26-49-42(50-35)37-25-34(64(3)61)27-56(37)45(58)40(53-47(60)63-2)32-13-8-5-9-14-32/h4-9,11-14,16-23,26,34,36-37,39-40H,10,15,24-25,27H2,1-3H3,(H,49,50)(H,51,54)(H,52,59)(H,53,60)/t34-,36-,37-,39-,40-,64?/m0/s1. The molecule has 2 fully saturated rings. The summed E-state index contributed by atoms with van der Waals surface area (Å²) in [5.41, 5.74) is 6.28. The number of nitrogens with zero attached hydrogens (tertiary/aromatic N) is 4. The third kappa shape index (κ3) is 9.35. The van der Waals surface area contributed by atoms with E-state index in [-0.39, 0.29) is 34.8 Å². The molecule has 2 saturated heterocycles. The van der Waals surface area contributed by atoms with Crippen molar-refractivity contribution in [3.8, 4) is 33.6 Å². The minimum atomic E-state index is -1.20. The Balaban J connectivity index is 0.964. The summed E-state index contributed by atoms with van der Waals surface area (Å²) in [6.07, 6.45) is 3.79. The highest BCUT2D eigenvalue weighted by molar-refractivity contribution is 7.91. The molecule has 6 atom stereocenters. The number of aromatic nitrogens is 4. The summed E-state index contributed by atoms with van der Waals surface area (Å²) in [5.74, 6) is 0.503. The number of alkyl carbamates (subject to hydrolysis) is 2. The minimum Gasteiger partial charge on any atom is -0.616 e. The second kappa shape index (κ2) is 19.4. The fourth-order valence-corrected chi connectivity index (χ4v) is 9.52. The Morgan fingerprint density at radius 3 is 1.81 bits per heavy atom.